The zero-order valence-corrected chi connectivity index (χ0v) is 17.1. The van der Waals surface area contributed by atoms with Crippen molar-refractivity contribution in [3.63, 3.8) is 0 Å². The predicted octanol–water partition coefficient (Wildman–Crippen LogP) is 5.07. The van der Waals surface area contributed by atoms with Gasteiger partial charge in [-0.1, -0.05) is 62.8 Å². The monoisotopic (exact) mass is 368 g/mol. The summed E-state index contributed by atoms with van der Waals surface area (Å²) in [5.74, 6) is 5.43. The van der Waals surface area contributed by atoms with Crippen LogP contribution in [0.3, 0.4) is 0 Å². The molecule has 2 nitrogen and oxygen atoms in total. The first kappa shape index (κ1) is 18.4. The zero-order valence-electron chi connectivity index (χ0n) is 17.1. The van der Waals surface area contributed by atoms with E-state index in [9.17, 15) is 0 Å². The summed E-state index contributed by atoms with van der Waals surface area (Å²) in [5.41, 5.74) is 0. The average Bonchev–Trinajstić information content (AvgIpc) is 3.22. The lowest BCUT2D eigenvalue weighted by Crippen LogP contribution is -2.37. The zero-order chi connectivity index (χ0) is 18.1. The number of fused-ring (bicyclic) bond motifs is 6. The molecule has 2 unspecified atom stereocenters. The first-order chi connectivity index (χ1) is 13.4. The fourth-order valence-corrected chi connectivity index (χ4v) is 7.68. The van der Waals surface area contributed by atoms with Crippen LogP contribution in [0.5, 0.6) is 0 Å². The van der Waals surface area contributed by atoms with Crippen LogP contribution < -0.4 is 10.6 Å². The lowest BCUT2D eigenvalue weighted by molar-refractivity contribution is 0.247. The van der Waals surface area contributed by atoms with Gasteiger partial charge in [0.05, 0.1) is 0 Å². The van der Waals surface area contributed by atoms with Crippen molar-refractivity contribution in [2.45, 2.75) is 82.7 Å². The number of rotatable bonds is 0. The van der Waals surface area contributed by atoms with Crippen LogP contribution in [-0.4, -0.2) is 25.2 Å². The minimum Gasteiger partial charge on any atom is -0.313 e. The van der Waals surface area contributed by atoms with Gasteiger partial charge < -0.3 is 10.6 Å². The third kappa shape index (κ3) is 3.81. The fourth-order valence-electron chi connectivity index (χ4n) is 7.68. The molecule has 8 atom stereocenters. The molecule has 27 heavy (non-hydrogen) atoms. The molecule has 4 aliphatic carbocycles. The largest absolute Gasteiger partial charge is 0.313 e. The van der Waals surface area contributed by atoms with Crippen LogP contribution in [0.25, 0.3) is 0 Å². The Morgan fingerprint density at radius 3 is 1.56 bits per heavy atom. The maximum absolute atomic E-state index is 3.97. The highest BCUT2D eigenvalue weighted by Gasteiger charge is 2.43. The van der Waals surface area contributed by atoms with E-state index < -0.39 is 0 Å². The van der Waals surface area contributed by atoms with Crippen LogP contribution >= 0.6 is 0 Å². The molecular formula is C25H40N2. The second-order valence-electron chi connectivity index (χ2n) is 10.3. The Balaban J connectivity index is 1.33. The Hall–Kier alpha value is -0.600. The maximum atomic E-state index is 3.97. The summed E-state index contributed by atoms with van der Waals surface area (Å²) >= 11 is 0. The van der Waals surface area contributed by atoms with E-state index in [2.05, 4.69) is 34.9 Å². The van der Waals surface area contributed by atoms with Gasteiger partial charge in [0.15, 0.2) is 0 Å². The van der Waals surface area contributed by atoms with Gasteiger partial charge in [-0.25, -0.2) is 0 Å². The summed E-state index contributed by atoms with van der Waals surface area (Å²) in [6.45, 7) is 2.39. The number of hydrogen-bond donors (Lipinski definition) is 2. The molecule has 0 spiro atoms. The Morgan fingerprint density at radius 1 is 0.556 bits per heavy atom. The standard InChI is InChI=1S/C25H40N2/c1-3-10-20-18(8-1)16-24-22(20)12-5-6-13-23-21-11-4-2-9-19(21)17-25(23)27-15-7-14-26-24/h5-6,12-13,18-27H,1-4,7-11,14-17H2/b12-5+,13-6+/t18-,19-,20+,21?,22-,23-,24+,25?/m1/s1. The highest BCUT2D eigenvalue weighted by molar-refractivity contribution is 5.15. The molecule has 0 aromatic heterocycles. The van der Waals surface area contributed by atoms with E-state index in [4.69, 9.17) is 0 Å². The van der Waals surface area contributed by atoms with E-state index in [0.717, 1.165) is 47.6 Å². The molecule has 0 saturated heterocycles. The summed E-state index contributed by atoms with van der Waals surface area (Å²) in [6, 6.07) is 1.46. The summed E-state index contributed by atoms with van der Waals surface area (Å²) in [6.07, 6.45) is 26.0. The van der Waals surface area contributed by atoms with Crippen molar-refractivity contribution >= 4 is 0 Å². The van der Waals surface area contributed by atoms with Gasteiger partial charge in [-0.2, -0.15) is 0 Å². The predicted molar refractivity (Wildman–Crippen MR) is 114 cm³/mol. The minimum absolute atomic E-state index is 0.728. The van der Waals surface area contributed by atoms with Crippen LogP contribution in [0, 0.1) is 35.5 Å². The lowest BCUT2D eigenvalue weighted by atomic mass is 9.77. The van der Waals surface area contributed by atoms with Crippen molar-refractivity contribution in [1.82, 2.24) is 10.6 Å². The van der Waals surface area contributed by atoms with E-state index in [1.165, 1.54) is 83.7 Å². The van der Waals surface area contributed by atoms with Crippen LogP contribution in [0.4, 0.5) is 0 Å². The Morgan fingerprint density at radius 2 is 1.04 bits per heavy atom. The normalized spacial score (nSPS) is 50.1. The molecule has 0 amide bonds. The molecule has 1 heterocycles. The SMILES string of the molecule is C1=C/[C@H]2C(C[C@H]3CCCCC32)NCCCN[C@H]2C[C@H]3CCCC[C@@H]3[C@H]2/C=C/1. The number of allylic oxidation sites excluding steroid dienone is 2. The molecule has 5 rings (SSSR count). The van der Waals surface area contributed by atoms with Gasteiger partial charge in [-0.15, -0.1) is 0 Å². The van der Waals surface area contributed by atoms with Crippen molar-refractivity contribution in [2.75, 3.05) is 13.1 Å². The molecular weight excluding hydrogens is 328 g/mol. The quantitative estimate of drug-likeness (QED) is 0.624. The molecule has 0 radical (unpaired) electrons. The van der Waals surface area contributed by atoms with E-state index in [0.29, 0.717) is 0 Å². The van der Waals surface area contributed by atoms with E-state index in [-0.39, 0.29) is 0 Å². The van der Waals surface area contributed by atoms with Gasteiger partial charge in [0.2, 0.25) is 0 Å². The van der Waals surface area contributed by atoms with Gasteiger partial charge in [0.1, 0.15) is 0 Å². The molecule has 1 aliphatic heterocycles. The molecule has 0 aromatic carbocycles. The van der Waals surface area contributed by atoms with E-state index in [1.54, 1.807) is 0 Å². The van der Waals surface area contributed by atoms with Gasteiger partial charge in [0.25, 0.3) is 0 Å². The fraction of sp³-hybridized carbons (Fsp3) is 0.840. The van der Waals surface area contributed by atoms with Gasteiger partial charge in [-0.05, 0) is 80.7 Å². The highest BCUT2D eigenvalue weighted by atomic mass is 15.0. The van der Waals surface area contributed by atoms with Crippen molar-refractivity contribution in [3.05, 3.63) is 24.3 Å². The summed E-state index contributed by atoms with van der Waals surface area (Å²) < 4.78 is 0. The second-order valence-corrected chi connectivity index (χ2v) is 10.3. The summed E-state index contributed by atoms with van der Waals surface area (Å²) in [5, 5.41) is 7.94. The molecule has 0 bridgehead atoms. The van der Waals surface area contributed by atoms with Gasteiger partial charge in [-0.3, -0.25) is 0 Å². The summed E-state index contributed by atoms with van der Waals surface area (Å²) in [7, 11) is 0. The maximum Gasteiger partial charge on any atom is 0.0135 e. The average molecular weight is 369 g/mol. The molecule has 150 valence electrons. The third-order valence-electron chi connectivity index (χ3n) is 8.91. The number of nitrogens with one attached hydrogen (secondary N) is 2. The van der Waals surface area contributed by atoms with Gasteiger partial charge >= 0.3 is 0 Å². The molecule has 4 fully saturated rings. The van der Waals surface area contributed by atoms with Crippen molar-refractivity contribution in [2.24, 2.45) is 35.5 Å². The van der Waals surface area contributed by atoms with Crippen molar-refractivity contribution in [3.8, 4) is 0 Å². The Bertz CT molecular complexity index is 505. The van der Waals surface area contributed by atoms with Crippen LogP contribution in [0.2, 0.25) is 0 Å². The van der Waals surface area contributed by atoms with Crippen molar-refractivity contribution in [1.29, 1.82) is 0 Å². The molecule has 2 N–H and O–H groups in total. The van der Waals surface area contributed by atoms with Crippen LogP contribution in [-0.2, 0) is 0 Å². The molecule has 0 aromatic rings. The van der Waals surface area contributed by atoms with E-state index in [1.807, 2.05) is 0 Å². The second kappa shape index (κ2) is 8.41. The molecule has 4 saturated carbocycles. The summed E-state index contributed by atoms with van der Waals surface area (Å²) in [4.78, 5) is 0. The van der Waals surface area contributed by atoms with Crippen LogP contribution in [0.1, 0.15) is 70.6 Å². The minimum atomic E-state index is 0.728. The highest BCUT2D eigenvalue weighted by Crippen LogP contribution is 2.48. The lowest BCUT2D eigenvalue weighted by Gasteiger charge is -2.28. The topological polar surface area (TPSA) is 24.1 Å². The molecule has 5 aliphatic rings. The third-order valence-corrected chi connectivity index (χ3v) is 8.91. The Labute approximate surface area is 166 Å². The van der Waals surface area contributed by atoms with E-state index >= 15 is 0 Å². The molecule has 2 heteroatoms. The van der Waals surface area contributed by atoms with Crippen LogP contribution in [0.15, 0.2) is 24.3 Å². The Kier molecular flexibility index (Phi) is 5.74. The number of hydrogen-bond acceptors (Lipinski definition) is 2. The first-order valence-electron chi connectivity index (χ1n) is 12.2. The first-order valence-corrected chi connectivity index (χ1v) is 12.2. The van der Waals surface area contributed by atoms with Crippen molar-refractivity contribution < 1.29 is 0 Å². The smallest absolute Gasteiger partial charge is 0.0135 e. The van der Waals surface area contributed by atoms with Gasteiger partial charge in [0, 0.05) is 12.1 Å².